The smallest absolute Gasteiger partial charge is 0.159 e. The van der Waals surface area contributed by atoms with Gasteiger partial charge in [0.1, 0.15) is 18.0 Å². The number of ketones is 1. The van der Waals surface area contributed by atoms with Crippen LogP contribution >= 0.6 is 0 Å². The number of carbonyl (C=O) groups is 1. The highest BCUT2D eigenvalue weighted by Gasteiger charge is 2.13. The Morgan fingerprint density at radius 3 is 2.65 bits per heavy atom. The van der Waals surface area contributed by atoms with Gasteiger partial charge in [0.25, 0.3) is 0 Å². The first-order valence-corrected chi connectivity index (χ1v) is 8.17. The summed E-state index contributed by atoms with van der Waals surface area (Å²) in [7, 11) is 0. The number of nitrogens with zero attached hydrogens (tertiary/aromatic N) is 2. The minimum Gasteiger partial charge on any atom is -0.367 e. The van der Waals surface area contributed by atoms with E-state index in [0.29, 0.717) is 11.6 Å². The predicted molar refractivity (Wildman–Crippen MR) is 92.3 cm³/mol. The molecule has 0 spiro atoms. The van der Waals surface area contributed by atoms with Crippen LogP contribution in [0.2, 0.25) is 0 Å². The van der Waals surface area contributed by atoms with Gasteiger partial charge >= 0.3 is 0 Å². The van der Waals surface area contributed by atoms with Crippen molar-refractivity contribution in [3.63, 3.8) is 0 Å². The molecule has 0 atom stereocenters. The Morgan fingerprint density at radius 2 is 1.87 bits per heavy atom. The minimum atomic E-state index is 0.0518. The van der Waals surface area contributed by atoms with Gasteiger partial charge in [-0.15, -0.1) is 0 Å². The molecule has 1 aliphatic carbocycles. The summed E-state index contributed by atoms with van der Waals surface area (Å²) in [5.41, 5.74) is 1.53. The first-order chi connectivity index (χ1) is 11.2. The van der Waals surface area contributed by atoms with Crippen molar-refractivity contribution in [1.29, 1.82) is 0 Å². The lowest BCUT2D eigenvalue weighted by Gasteiger charge is -2.23. The summed E-state index contributed by atoms with van der Waals surface area (Å²) in [6.07, 6.45) is 7.86. The summed E-state index contributed by atoms with van der Waals surface area (Å²) in [6, 6.07) is 9.84. The second-order valence-corrected chi connectivity index (χ2v) is 6.03. The number of anilines is 3. The molecule has 0 amide bonds. The van der Waals surface area contributed by atoms with E-state index in [9.17, 15) is 4.79 Å². The molecule has 23 heavy (non-hydrogen) atoms. The van der Waals surface area contributed by atoms with E-state index >= 15 is 0 Å². The standard InChI is InChI=1S/C18H22N4O/c1-13(23)14-6-5-9-16(10-14)22-18-11-17(19-12-20-18)21-15-7-3-2-4-8-15/h5-6,9-12,15H,2-4,7-8H2,1H3,(H2,19,20,21,22). The molecule has 1 saturated carbocycles. The fraction of sp³-hybridized carbons (Fsp3) is 0.389. The molecule has 2 aromatic rings. The van der Waals surface area contributed by atoms with Gasteiger partial charge in [0, 0.05) is 23.4 Å². The SMILES string of the molecule is CC(=O)c1cccc(Nc2cc(NC3CCCCC3)ncn2)c1. The summed E-state index contributed by atoms with van der Waals surface area (Å²) in [5, 5.41) is 6.72. The van der Waals surface area contributed by atoms with Gasteiger partial charge in [-0.1, -0.05) is 31.4 Å². The highest BCUT2D eigenvalue weighted by molar-refractivity contribution is 5.95. The maximum Gasteiger partial charge on any atom is 0.159 e. The number of carbonyl (C=O) groups excluding carboxylic acids is 1. The Balaban J connectivity index is 1.69. The molecule has 0 bridgehead atoms. The molecule has 3 rings (SSSR count). The van der Waals surface area contributed by atoms with E-state index in [-0.39, 0.29) is 5.78 Å². The Morgan fingerprint density at radius 1 is 1.09 bits per heavy atom. The second-order valence-electron chi connectivity index (χ2n) is 6.03. The van der Waals surface area contributed by atoms with E-state index in [4.69, 9.17) is 0 Å². The number of rotatable bonds is 5. The highest BCUT2D eigenvalue weighted by Crippen LogP contribution is 2.22. The summed E-state index contributed by atoms with van der Waals surface area (Å²) >= 11 is 0. The average Bonchev–Trinajstić information content (AvgIpc) is 2.56. The number of aromatic nitrogens is 2. The van der Waals surface area contributed by atoms with Crippen molar-refractivity contribution in [1.82, 2.24) is 9.97 Å². The third-order valence-corrected chi connectivity index (χ3v) is 4.17. The summed E-state index contributed by atoms with van der Waals surface area (Å²) < 4.78 is 0. The van der Waals surface area contributed by atoms with Crippen molar-refractivity contribution >= 4 is 23.1 Å². The van der Waals surface area contributed by atoms with E-state index in [1.165, 1.54) is 32.1 Å². The number of nitrogens with one attached hydrogen (secondary N) is 2. The van der Waals surface area contributed by atoms with Crippen molar-refractivity contribution in [3.05, 3.63) is 42.2 Å². The molecule has 1 aliphatic rings. The molecule has 0 aliphatic heterocycles. The molecular formula is C18H22N4O. The molecule has 1 aromatic carbocycles. The van der Waals surface area contributed by atoms with Crippen molar-refractivity contribution in [2.75, 3.05) is 10.6 Å². The average molecular weight is 310 g/mol. The summed E-state index contributed by atoms with van der Waals surface area (Å²) in [4.78, 5) is 20.0. The van der Waals surface area contributed by atoms with E-state index < -0.39 is 0 Å². The molecule has 2 N–H and O–H groups in total. The second kappa shape index (κ2) is 7.22. The Bertz CT molecular complexity index is 680. The Kier molecular flexibility index (Phi) is 4.86. The van der Waals surface area contributed by atoms with Crippen LogP contribution in [0.3, 0.4) is 0 Å². The molecule has 5 nitrogen and oxygen atoms in total. The van der Waals surface area contributed by atoms with Crippen LogP contribution in [0.5, 0.6) is 0 Å². The normalized spacial score (nSPS) is 15.2. The van der Waals surface area contributed by atoms with E-state index in [1.807, 2.05) is 30.3 Å². The third-order valence-electron chi connectivity index (χ3n) is 4.17. The zero-order chi connectivity index (χ0) is 16.1. The first-order valence-electron chi connectivity index (χ1n) is 8.17. The molecule has 0 unspecified atom stereocenters. The number of benzene rings is 1. The third kappa shape index (κ3) is 4.28. The number of hydrogen-bond acceptors (Lipinski definition) is 5. The van der Waals surface area contributed by atoms with Gasteiger partial charge in [0.05, 0.1) is 0 Å². The van der Waals surface area contributed by atoms with Crippen LogP contribution in [0.1, 0.15) is 49.4 Å². The lowest BCUT2D eigenvalue weighted by atomic mass is 9.95. The van der Waals surface area contributed by atoms with Crippen molar-refractivity contribution in [2.24, 2.45) is 0 Å². The van der Waals surface area contributed by atoms with Gasteiger partial charge in [-0.3, -0.25) is 4.79 Å². The number of Topliss-reactive ketones (excluding diaryl/α,β-unsaturated/α-hetero) is 1. The lowest BCUT2D eigenvalue weighted by Crippen LogP contribution is -2.22. The van der Waals surface area contributed by atoms with Crippen molar-refractivity contribution < 1.29 is 4.79 Å². The molecule has 1 aromatic heterocycles. The van der Waals surface area contributed by atoms with E-state index in [2.05, 4.69) is 20.6 Å². The largest absolute Gasteiger partial charge is 0.367 e. The maximum absolute atomic E-state index is 11.5. The van der Waals surface area contributed by atoms with Crippen LogP contribution in [-0.2, 0) is 0 Å². The van der Waals surface area contributed by atoms with Crippen LogP contribution in [-0.4, -0.2) is 21.8 Å². The molecule has 1 heterocycles. The van der Waals surface area contributed by atoms with Gasteiger partial charge in [-0.2, -0.15) is 0 Å². The first kappa shape index (κ1) is 15.5. The Labute approximate surface area is 136 Å². The fourth-order valence-corrected chi connectivity index (χ4v) is 2.92. The molecule has 5 heteroatoms. The maximum atomic E-state index is 11.5. The fourth-order valence-electron chi connectivity index (χ4n) is 2.92. The van der Waals surface area contributed by atoms with Gasteiger partial charge in [-0.05, 0) is 31.9 Å². The highest BCUT2D eigenvalue weighted by atomic mass is 16.1. The van der Waals surface area contributed by atoms with Crippen LogP contribution in [0.4, 0.5) is 17.3 Å². The van der Waals surface area contributed by atoms with Crippen LogP contribution < -0.4 is 10.6 Å². The predicted octanol–water partition coefficient (Wildman–Crippen LogP) is 4.17. The van der Waals surface area contributed by atoms with Gasteiger partial charge in [0.2, 0.25) is 0 Å². The lowest BCUT2D eigenvalue weighted by molar-refractivity contribution is 0.101. The van der Waals surface area contributed by atoms with Gasteiger partial charge in [0.15, 0.2) is 5.78 Å². The van der Waals surface area contributed by atoms with Crippen LogP contribution in [0.15, 0.2) is 36.7 Å². The molecule has 120 valence electrons. The quantitative estimate of drug-likeness (QED) is 0.811. The molecule has 1 fully saturated rings. The van der Waals surface area contributed by atoms with Gasteiger partial charge in [-0.25, -0.2) is 9.97 Å². The molecule has 0 saturated heterocycles. The summed E-state index contributed by atoms with van der Waals surface area (Å²) in [5.74, 6) is 1.62. The van der Waals surface area contributed by atoms with E-state index in [0.717, 1.165) is 17.3 Å². The van der Waals surface area contributed by atoms with Crippen LogP contribution in [0, 0.1) is 0 Å². The van der Waals surface area contributed by atoms with Crippen LogP contribution in [0.25, 0.3) is 0 Å². The molecular weight excluding hydrogens is 288 g/mol. The van der Waals surface area contributed by atoms with Crippen molar-refractivity contribution in [2.45, 2.75) is 45.1 Å². The zero-order valence-corrected chi connectivity index (χ0v) is 13.4. The van der Waals surface area contributed by atoms with Crippen molar-refractivity contribution in [3.8, 4) is 0 Å². The zero-order valence-electron chi connectivity index (χ0n) is 13.4. The topological polar surface area (TPSA) is 66.9 Å². The van der Waals surface area contributed by atoms with E-state index in [1.54, 1.807) is 13.3 Å². The summed E-state index contributed by atoms with van der Waals surface area (Å²) in [6.45, 7) is 1.57. The Hall–Kier alpha value is -2.43. The molecule has 0 radical (unpaired) electrons. The van der Waals surface area contributed by atoms with Gasteiger partial charge < -0.3 is 10.6 Å². The minimum absolute atomic E-state index is 0.0518. The monoisotopic (exact) mass is 310 g/mol. The number of hydrogen-bond donors (Lipinski definition) is 2.